The summed E-state index contributed by atoms with van der Waals surface area (Å²) < 4.78 is 31.1. The van der Waals surface area contributed by atoms with Crippen molar-refractivity contribution in [2.75, 3.05) is 7.11 Å². The van der Waals surface area contributed by atoms with Gasteiger partial charge in [0.1, 0.15) is 17.4 Å². The van der Waals surface area contributed by atoms with Crippen molar-refractivity contribution in [1.29, 1.82) is 0 Å². The highest BCUT2D eigenvalue weighted by Gasteiger charge is 2.05. The van der Waals surface area contributed by atoms with Gasteiger partial charge in [0, 0.05) is 15.9 Å². The molecule has 0 radical (unpaired) electrons. The van der Waals surface area contributed by atoms with Crippen molar-refractivity contribution in [2.24, 2.45) is 0 Å². The van der Waals surface area contributed by atoms with E-state index in [1.807, 2.05) is 12.1 Å². The lowest BCUT2D eigenvalue weighted by Crippen LogP contribution is -1.84. The number of benzene rings is 2. The molecule has 0 saturated carbocycles. The summed E-state index contributed by atoms with van der Waals surface area (Å²) >= 11 is 1.24. The Hall–Kier alpha value is -1.55. The molecular weight excluding hydrogens is 242 g/mol. The average molecular weight is 252 g/mol. The Morgan fingerprint density at radius 3 is 2.29 bits per heavy atom. The summed E-state index contributed by atoms with van der Waals surface area (Å²) in [6.45, 7) is 0. The van der Waals surface area contributed by atoms with Crippen molar-refractivity contribution in [2.45, 2.75) is 9.79 Å². The molecule has 1 nitrogen and oxygen atoms in total. The Labute approximate surface area is 102 Å². The standard InChI is InChI=1S/C13H10F2OS/c1-16-10-3-5-11(6-4-10)17-13-7-2-9(14)8-12(13)15/h2-8H,1H3. The van der Waals surface area contributed by atoms with Crippen LogP contribution in [0.2, 0.25) is 0 Å². The summed E-state index contributed by atoms with van der Waals surface area (Å²) in [5, 5.41) is 0. The van der Waals surface area contributed by atoms with E-state index in [2.05, 4.69) is 0 Å². The molecular formula is C13H10F2OS. The molecule has 0 aliphatic heterocycles. The van der Waals surface area contributed by atoms with Gasteiger partial charge in [0.15, 0.2) is 0 Å². The number of hydrogen-bond acceptors (Lipinski definition) is 2. The monoisotopic (exact) mass is 252 g/mol. The van der Waals surface area contributed by atoms with Crippen LogP contribution in [0.3, 0.4) is 0 Å². The molecule has 0 heterocycles. The van der Waals surface area contributed by atoms with Gasteiger partial charge in [0.05, 0.1) is 7.11 Å². The van der Waals surface area contributed by atoms with E-state index >= 15 is 0 Å². The van der Waals surface area contributed by atoms with Crippen LogP contribution < -0.4 is 4.74 Å². The third kappa shape index (κ3) is 2.97. The zero-order valence-electron chi connectivity index (χ0n) is 9.11. The SMILES string of the molecule is COc1ccc(Sc2ccc(F)cc2F)cc1. The zero-order chi connectivity index (χ0) is 12.3. The first-order valence-electron chi connectivity index (χ1n) is 4.96. The van der Waals surface area contributed by atoms with E-state index in [1.54, 1.807) is 19.2 Å². The van der Waals surface area contributed by atoms with Gasteiger partial charge in [-0.3, -0.25) is 0 Å². The number of hydrogen-bond donors (Lipinski definition) is 0. The second-order valence-electron chi connectivity index (χ2n) is 3.35. The van der Waals surface area contributed by atoms with Crippen LogP contribution in [0.25, 0.3) is 0 Å². The maximum Gasteiger partial charge on any atom is 0.140 e. The van der Waals surface area contributed by atoms with Gasteiger partial charge in [0.2, 0.25) is 0 Å². The number of methoxy groups -OCH3 is 1. The first-order valence-corrected chi connectivity index (χ1v) is 5.77. The summed E-state index contributed by atoms with van der Waals surface area (Å²) in [6.07, 6.45) is 0. The second kappa shape index (κ2) is 5.19. The molecule has 0 spiro atoms. The number of rotatable bonds is 3. The Morgan fingerprint density at radius 1 is 1.00 bits per heavy atom. The highest BCUT2D eigenvalue weighted by Crippen LogP contribution is 2.31. The van der Waals surface area contributed by atoms with Crippen LogP contribution in [-0.2, 0) is 0 Å². The fraction of sp³-hybridized carbons (Fsp3) is 0.0769. The van der Waals surface area contributed by atoms with Crippen molar-refractivity contribution < 1.29 is 13.5 Å². The maximum absolute atomic E-state index is 13.4. The summed E-state index contributed by atoms with van der Waals surface area (Å²) in [6, 6.07) is 10.8. The van der Waals surface area contributed by atoms with Crippen molar-refractivity contribution >= 4 is 11.8 Å². The molecule has 2 aromatic rings. The lowest BCUT2D eigenvalue weighted by atomic mass is 10.3. The third-order valence-corrected chi connectivity index (χ3v) is 3.24. The van der Waals surface area contributed by atoms with E-state index in [4.69, 9.17) is 4.74 Å². The molecule has 0 fully saturated rings. The predicted octanol–water partition coefficient (Wildman–Crippen LogP) is 4.12. The van der Waals surface area contributed by atoms with Crippen LogP contribution in [0.1, 0.15) is 0 Å². The smallest absolute Gasteiger partial charge is 0.140 e. The second-order valence-corrected chi connectivity index (χ2v) is 4.47. The summed E-state index contributed by atoms with van der Waals surface area (Å²) in [4.78, 5) is 1.27. The van der Waals surface area contributed by atoms with Crippen LogP contribution in [0.4, 0.5) is 8.78 Å². The molecule has 0 bridgehead atoms. The zero-order valence-corrected chi connectivity index (χ0v) is 9.93. The van der Waals surface area contributed by atoms with Gasteiger partial charge >= 0.3 is 0 Å². The average Bonchev–Trinajstić information content (AvgIpc) is 2.34. The lowest BCUT2D eigenvalue weighted by molar-refractivity contribution is 0.414. The molecule has 0 aliphatic rings. The van der Waals surface area contributed by atoms with Crippen molar-refractivity contribution in [1.82, 2.24) is 0 Å². The third-order valence-electron chi connectivity index (χ3n) is 2.18. The quantitative estimate of drug-likeness (QED) is 0.812. The molecule has 0 amide bonds. The van der Waals surface area contributed by atoms with Gasteiger partial charge in [-0.1, -0.05) is 11.8 Å². The topological polar surface area (TPSA) is 9.23 Å². The fourth-order valence-electron chi connectivity index (χ4n) is 1.33. The van der Waals surface area contributed by atoms with Gasteiger partial charge in [-0.15, -0.1) is 0 Å². The van der Waals surface area contributed by atoms with Crippen molar-refractivity contribution in [3.05, 3.63) is 54.1 Å². The molecule has 0 aliphatic carbocycles. The minimum absolute atomic E-state index is 0.400. The van der Waals surface area contributed by atoms with Crippen LogP contribution in [0.15, 0.2) is 52.3 Å². The first kappa shape index (κ1) is 11.9. The van der Waals surface area contributed by atoms with E-state index in [0.717, 1.165) is 16.7 Å². The highest BCUT2D eigenvalue weighted by atomic mass is 32.2. The van der Waals surface area contributed by atoms with Crippen LogP contribution in [-0.4, -0.2) is 7.11 Å². The van der Waals surface area contributed by atoms with Gasteiger partial charge in [-0.2, -0.15) is 0 Å². The minimum Gasteiger partial charge on any atom is -0.497 e. The fourth-order valence-corrected chi connectivity index (χ4v) is 2.15. The first-order chi connectivity index (χ1) is 8.19. The maximum atomic E-state index is 13.4. The normalized spacial score (nSPS) is 10.3. The molecule has 0 aromatic heterocycles. The van der Waals surface area contributed by atoms with Gasteiger partial charge < -0.3 is 4.74 Å². The Bertz CT molecular complexity index is 511. The number of ether oxygens (including phenoxy) is 1. The molecule has 0 unspecified atom stereocenters. The summed E-state index contributed by atoms with van der Waals surface area (Å²) in [5.41, 5.74) is 0. The Morgan fingerprint density at radius 2 is 1.71 bits per heavy atom. The van der Waals surface area contributed by atoms with E-state index in [1.165, 1.54) is 23.9 Å². The van der Waals surface area contributed by atoms with Crippen LogP contribution in [0.5, 0.6) is 5.75 Å². The molecule has 4 heteroatoms. The Balaban J connectivity index is 2.19. The van der Waals surface area contributed by atoms with E-state index in [-0.39, 0.29) is 0 Å². The van der Waals surface area contributed by atoms with Crippen LogP contribution >= 0.6 is 11.8 Å². The molecule has 88 valence electrons. The predicted molar refractivity (Wildman–Crippen MR) is 63.5 cm³/mol. The summed E-state index contributed by atoms with van der Waals surface area (Å²) in [7, 11) is 1.59. The number of halogens is 2. The molecule has 0 saturated heterocycles. The molecule has 2 aromatic carbocycles. The Kier molecular flexibility index (Phi) is 3.64. The molecule has 0 atom stereocenters. The molecule has 17 heavy (non-hydrogen) atoms. The molecule has 0 N–H and O–H groups in total. The van der Waals surface area contributed by atoms with Crippen molar-refractivity contribution in [3.63, 3.8) is 0 Å². The van der Waals surface area contributed by atoms with E-state index < -0.39 is 11.6 Å². The van der Waals surface area contributed by atoms with E-state index in [0.29, 0.717) is 4.90 Å². The minimum atomic E-state index is -0.568. The van der Waals surface area contributed by atoms with Crippen molar-refractivity contribution in [3.8, 4) is 5.75 Å². The van der Waals surface area contributed by atoms with E-state index in [9.17, 15) is 8.78 Å². The van der Waals surface area contributed by atoms with Gasteiger partial charge in [0.25, 0.3) is 0 Å². The largest absolute Gasteiger partial charge is 0.497 e. The van der Waals surface area contributed by atoms with Gasteiger partial charge in [-0.25, -0.2) is 8.78 Å². The highest BCUT2D eigenvalue weighted by molar-refractivity contribution is 7.99. The van der Waals surface area contributed by atoms with Gasteiger partial charge in [-0.05, 0) is 36.4 Å². The lowest BCUT2D eigenvalue weighted by Gasteiger charge is -2.04. The summed E-state index contributed by atoms with van der Waals surface area (Å²) in [5.74, 6) is -0.374. The molecule has 2 rings (SSSR count). The van der Waals surface area contributed by atoms with Crippen LogP contribution in [0, 0.1) is 11.6 Å².